The van der Waals surface area contributed by atoms with Crippen molar-refractivity contribution in [3.05, 3.63) is 24.6 Å². The minimum absolute atomic E-state index is 0.452. The average molecular weight is 137 g/mol. The molecule has 0 aromatic carbocycles. The standard InChI is InChI=1S/C6H7N3O/c1-2-5-10-6-3-4-7-9-8-6/h2-5H,1H3. The molecule has 1 rings (SSSR count). The Bertz CT molecular complexity index is 209. The van der Waals surface area contributed by atoms with Gasteiger partial charge in [0.1, 0.15) is 0 Å². The average Bonchev–Trinajstić information content (AvgIpc) is 2.03. The van der Waals surface area contributed by atoms with Gasteiger partial charge in [0.05, 0.1) is 12.5 Å². The van der Waals surface area contributed by atoms with Crippen LogP contribution in [0.15, 0.2) is 24.6 Å². The zero-order valence-electron chi connectivity index (χ0n) is 5.56. The lowest BCUT2D eigenvalue weighted by atomic mass is 10.6. The maximum absolute atomic E-state index is 4.96. The molecule has 10 heavy (non-hydrogen) atoms. The predicted octanol–water partition coefficient (Wildman–Crippen LogP) is 0.784. The third-order valence-electron chi connectivity index (χ3n) is 0.804. The van der Waals surface area contributed by atoms with E-state index in [0.29, 0.717) is 5.88 Å². The van der Waals surface area contributed by atoms with Crippen molar-refractivity contribution in [3.8, 4) is 5.88 Å². The summed E-state index contributed by atoms with van der Waals surface area (Å²) < 4.78 is 4.96. The lowest BCUT2D eigenvalue weighted by Crippen LogP contribution is -1.89. The van der Waals surface area contributed by atoms with Crippen LogP contribution >= 0.6 is 0 Å². The van der Waals surface area contributed by atoms with Crippen molar-refractivity contribution in [2.75, 3.05) is 0 Å². The van der Waals surface area contributed by atoms with Gasteiger partial charge in [-0.25, -0.2) is 0 Å². The first kappa shape index (κ1) is 6.67. The maximum atomic E-state index is 4.96. The fraction of sp³-hybridized carbons (Fsp3) is 0.167. The normalized spacial score (nSPS) is 10.1. The van der Waals surface area contributed by atoms with E-state index < -0.39 is 0 Å². The molecule has 0 radical (unpaired) electrons. The van der Waals surface area contributed by atoms with Gasteiger partial charge < -0.3 is 4.74 Å². The first-order valence-electron chi connectivity index (χ1n) is 2.85. The second-order valence-electron chi connectivity index (χ2n) is 1.55. The highest BCUT2D eigenvalue weighted by Gasteiger charge is 1.87. The van der Waals surface area contributed by atoms with Crippen LogP contribution in [0.25, 0.3) is 0 Å². The minimum atomic E-state index is 0.452. The molecule has 0 aliphatic rings. The summed E-state index contributed by atoms with van der Waals surface area (Å²) in [5.41, 5.74) is 0. The Labute approximate surface area is 58.5 Å². The van der Waals surface area contributed by atoms with Gasteiger partial charge in [-0.2, -0.15) is 0 Å². The van der Waals surface area contributed by atoms with Crippen molar-refractivity contribution in [1.82, 2.24) is 15.4 Å². The summed E-state index contributed by atoms with van der Waals surface area (Å²) >= 11 is 0. The Morgan fingerprint density at radius 2 is 2.50 bits per heavy atom. The zero-order valence-corrected chi connectivity index (χ0v) is 5.56. The fourth-order valence-corrected chi connectivity index (χ4v) is 0.431. The van der Waals surface area contributed by atoms with Crippen LogP contribution in [-0.4, -0.2) is 15.4 Å². The van der Waals surface area contributed by atoms with Gasteiger partial charge in [-0.15, -0.1) is 5.10 Å². The largest absolute Gasteiger partial charge is 0.446 e. The van der Waals surface area contributed by atoms with Crippen LogP contribution in [0.2, 0.25) is 0 Å². The topological polar surface area (TPSA) is 47.9 Å². The number of nitrogens with zero attached hydrogens (tertiary/aromatic N) is 3. The molecule has 0 fully saturated rings. The molecule has 1 heterocycles. The summed E-state index contributed by atoms with van der Waals surface area (Å²) in [6.45, 7) is 1.86. The number of hydrogen-bond donors (Lipinski definition) is 0. The molecular formula is C6H7N3O. The molecule has 0 saturated carbocycles. The molecule has 1 aromatic rings. The van der Waals surface area contributed by atoms with E-state index in [9.17, 15) is 0 Å². The van der Waals surface area contributed by atoms with E-state index in [4.69, 9.17) is 4.74 Å². The van der Waals surface area contributed by atoms with Crippen molar-refractivity contribution in [1.29, 1.82) is 0 Å². The highest BCUT2D eigenvalue weighted by Crippen LogP contribution is 1.99. The van der Waals surface area contributed by atoms with Crippen LogP contribution in [0.1, 0.15) is 6.92 Å². The minimum Gasteiger partial charge on any atom is -0.446 e. The molecule has 0 unspecified atom stereocenters. The van der Waals surface area contributed by atoms with Crippen LogP contribution in [-0.2, 0) is 0 Å². The first-order valence-corrected chi connectivity index (χ1v) is 2.85. The van der Waals surface area contributed by atoms with Gasteiger partial charge in [-0.1, -0.05) is 11.2 Å². The Morgan fingerprint density at radius 3 is 3.10 bits per heavy atom. The Morgan fingerprint density at radius 1 is 1.60 bits per heavy atom. The number of aromatic nitrogens is 3. The van der Waals surface area contributed by atoms with Crippen LogP contribution in [0.3, 0.4) is 0 Å². The summed E-state index contributed by atoms with van der Waals surface area (Å²) in [5.74, 6) is 0.452. The molecule has 0 atom stereocenters. The van der Waals surface area contributed by atoms with Gasteiger partial charge in [-0.05, 0) is 12.1 Å². The summed E-state index contributed by atoms with van der Waals surface area (Å²) in [4.78, 5) is 0. The molecule has 0 aliphatic carbocycles. The Kier molecular flexibility index (Phi) is 2.37. The first-order chi connectivity index (χ1) is 4.93. The number of ether oxygens (including phenoxy) is 1. The van der Waals surface area contributed by atoms with Crippen LogP contribution < -0.4 is 4.74 Å². The molecule has 4 nitrogen and oxygen atoms in total. The third kappa shape index (κ3) is 1.81. The van der Waals surface area contributed by atoms with Crippen molar-refractivity contribution in [3.63, 3.8) is 0 Å². The van der Waals surface area contributed by atoms with Crippen LogP contribution in [0, 0.1) is 0 Å². The van der Waals surface area contributed by atoms with Crippen LogP contribution in [0.4, 0.5) is 0 Å². The molecule has 0 N–H and O–H groups in total. The highest BCUT2D eigenvalue weighted by molar-refractivity contribution is 5.03. The van der Waals surface area contributed by atoms with E-state index in [1.807, 2.05) is 6.92 Å². The van der Waals surface area contributed by atoms with E-state index >= 15 is 0 Å². The molecule has 0 bridgehead atoms. The van der Waals surface area contributed by atoms with Gasteiger partial charge in [-0.3, -0.25) is 0 Å². The smallest absolute Gasteiger partial charge is 0.241 e. The van der Waals surface area contributed by atoms with E-state index in [-0.39, 0.29) is 0 Å². The van der Waals surface area contributed by atoms with Crippen molar-refractivity contribution < 1.29 is 4.74 Å². The molecular weight excluding hydrogens is 130 g/mol. The lowest BCUT2D eigenvalue weighted by molar-refractivity contribution is 0.448. The number of allylic oxidation sites excluding steroid dienone is 1. The van der Waals surface area contributed by atoms with E-state index in [0.717, 1.165) is 0 Å². The van der Waals surface area contributed by atoms with Gasteiger partial charge in [0.2, 0.25) is 5.88 Å². The van der Waals surface area contributed by atoms with Crippen molar-refractivity contribution >= 4 is 0 Å². The van der Waals surface area contributed by atoms with E-state index in [2.05, 4.69) is 15.4 Å². The second-order valence-corrected chi connectivity index (χ2v) is 1.55. The van der Waals surface area contributed by atoms with Crippen molar-refractivity contribution in [2.45, 2.75) is 6.92 Å². The summed E-state index contributed by atoms with van der Waals surface area (Å²) in [6.07, 6.45) is 4.82. The highest BCUT2D eigenvalue weighted by atomic mass is 16.5. The number of hydrogen-bond acceptors (Lipinski definition) is 4. The lowest BCUT2D eigenvalue weighted by Gasteiger charge is -1.92. The monoisotopic (exact) mass is 137 g/mol. The molecule has 0 saturated heterocycles. The van der Waals surface area contributed by atoms with Gasteiger partial charge in [0.25, 0.3) is 0 Å². The van der Waals surface area contributed by atoms with Gasteiger partial charge >= 0.3 is 0 Å². The summed E-state index contributed by atoms with van der Waals surface area (Å²) in [6, 6.07) is 1.63. The quantitative estimate of drug-likeness (QED) is 0.565. The SMILES string of the molecule is CC=COc1ccnnn1. The second kappa shape index (κ2) is 3.55. The predicted molar refractivity (Wildman–Crippen MR) is 35.3 cm³/mol. The molecule has 4 heteroatoms. The molecule has 1 aromatic heterocycles. The van der Waals surface area contributed by atoms with Crippen LogP contribution in [0.5, 0.6) is 5.88 Å². The fourth-order valence-electron chi connectivity index (χ4n) is 0.431. The summed E-state index contributed by atoms with van der Waals surface area (Å²) in [7, 11) is 0. The Hall–Kier alpha value is -1.45. The molecule has 0 spiro atoms. The van der Waals surface area contributed by atoms with E-state index in [1.165, 1.54) is 12.5 Å². The van der Waals surface area contributed by atoms with Gasteiger partial charge in [0.15, 0.2) is 0 Å². The summed E-state index contributed by atoms with van der Waals surface area (Å²) in [5, 5.41) is 10.4. The molecule has 52 valence electrons. The van der Waals surface area contributed by atoms with Crippen molar-refractivity contribution in [2.24, 2.45) is 0 Å². The number of rotatable bonds is 2. The van der Waals surface area contributed by atoms with E-state index in [1.54, 1.807) is 12.1 Å². The molecule has 0 aliphatic heterocycles. The third-order valence-corrected chi connectivity index (χ3v) is 0.804. The maximum Gasteiger partial charge on any atom is 0.241 e. The zero-order chi connectivity index (χ0) is 7.23. The molecule has 0 amide bonds. The van der Waals surface area contributed by atoms with Gasteiger partial charge in [0, 0.05) is 6.07 Å². The Balaban J connectivity index is 2.59.